The van der Waals surface area contributed by atoms with Gasteiger partial charge in [-0.1, -0.05) is 0 Å². The number of hydrogen-bond acceptors (Lipinski definition) is 9. The Labute approximate surface area is 138 Å². The Morgan fingerprint density at radius 2 is 1.88 bits per heavy atom. The van der Waals surface area contributed by atoms with Crippen molar-refractivity contribution in [2.24, 2.45) is 0 Å². The monoisotopic (exact) mass is 364 g/mol. The molecule has 1 fully saturated rings. The summed E-state index contributed by atoms with van der Waals surface area (Å²) in [6.45, 7) is 1.64. The largest absolute Gasteiger partial charge is 0.465 e. The molecule has 1 aliphatic rings. The van der Waals surface area contributed by atoms with Crippen molar-refractivity contribution in [1.82, 2.24) is 5.06 Å². The summed E-state index contributed by atoms with van der Waals surface area (Å²) >= 11 is 0. The van der Waals surface area contributed by atoms with Gasteiger partial charge >= 0.3 is 11.9 Å². The van der Waals surface area contributed by atoms with E-state index in [-0.39, 0.29) is 24.5 Å². The minimum absolute atomic E-state index is 0.0823. The summed E-state index contributed by atoms with van der Waals surface area (Å²) < 4.78 is 16.3. The molecule has 1 heterocycles. The van der Waals surface area contributed by atoms with E-state index in [0.29, 0.717) is 0 Å². The highest BCUT2D eigenvalue weighted by molar-refractivity contribution is 7.85. The quantitative estimate of drug-likeness (QED) is 0.216. The Morgan fingerprint density at radius 1 is 1.29 bits per heavy atom. The lowest BCUT2D eigenvalue weighted by Gasteiger charge is -2.14. The third kappa shape index (κ3) is 6.02. The van der Waals surface area contributed by atoms with Crippen LogP contribution in [0.3, 0.4) is 0 Å². The average Bonchev–Trinajstić information content (AvgIpc) is 2.78. The Balaban J connectivity index is 2.56. The van der Waals surface area contributed by atoms with Gasteiger partial charge in [0.25, 0.3) is 11.8 Å². The third-order valence-electron chi connectivity index (χ3n) is 2.86. The Morgan fingerprint density at radius 3 is 2.38 bits per heavy atom. The van der Waals surface area contributed by atoms with Gasteiger partial charge in [0.1, 0.15) is 12.2 Å². The van der Waals surface area contributed by atoms with Gasteiger partial charge < -0.3 is 9.57 Å². The minimum Gasteiger partial charge on any atom is -0.465 e. The van der Waals surface area contributed by atoms with Crippen LogP contribution in [-0.2, 0) is 39.6 Å². The fourth-order valence-corrected chi connectivity index (χ4v) is 2.92. The predicted molar refractivity (Wildman–Crippen MR) is 77.1 cm³/mol. The van der Waals surface area contributed by atoms with Crippen molar-refractivity contribution in [3.63, 3.8) is 0 Å². The molecule has 0 spiro atoms. The number of ether oxygens (including phenoxy) is 1. The maximum Gasteiger partial charge on any atom is 0.340 e. The first-order valence-corrected chi connectivity index (χ1v) is 8.44. The number of nitro groups is 1. The zero-order chi connectivity index (χ0) is 18.3. The second-order valence-electron chi connectivity index (χ2n) is 4.74. The number of esters is 1. The van der Waals surface area contributed by atoms with Crippen LogP contribution >= 0.6 is 0 Å². The molecule has 2 amide bonds. The Bertz CT molecular complexity index is 561. The first-order valence-electron chi connectivity index (χ1n) is 6.95. The van der Waals surface area contributed by atoms with Crippen molar-refractivity contribution in [3.05, 3.63) is 10.1 Å². The summed E-state index contributed by atoms with van der Waals surface area (Å²) in [5.41, 5.74) is 0. The second-order valence-corrected chi connectivity index (χ2v) is 6.25. The zero-order valence-electron chi connectivity index (χ0n) is 12.8. The molecule has 0 N–H and O–H groups in total. The predicted octanol–water partition coefficient (Wildman–Crippen LogP) is -1.06. The van der Waals surface area contributed by atoms with E-state index in [4.69, 9.17) is 0 Å². The highest BCUT2D eigenvalue weighted by Gasteiger charge is 2.35. The van der Waals surface area contributed by atoms with E-state index in [1.54, 1.807) is 6.92 Å². The second kappa shape index (κ2) is 9.05. The highest BCUT2D eigenvalue weighted by Crippen LogP contribution is 2.13. The van der Waals surface area contributed by atoms with Crippen LogP contribution in [0.1, 0.15) is 26.2 Å². The van der Waals surface area contributed by atoms with E-state index >= 15 is 0 Å². The van der Waals surface area contributed by atoms with Gasteiger partial charge in [-0.15, -0.1) is 5.06 Å². The van der Waals surface area contributed by atoms with E-state index in [1.807, 2.05) is 0 Å². The van der Waals surface area contributed by atoms with Crippen LogP contribution in [0.15, 0.2) is 0 Å². The van der Waals surface area contributed by atoms with E-state index in [0.717, 1.165) is 0 Å². The van der Waals surface area contributed by atoms with Gasteiger partial charge in [0.15, 0.2) is 0 Å². The standard InChI is InChI=1S/C12H16N2O9S/c1-2-22-12(18)7-24(21)6-8(14(19)20)5-11(17)23-13-9(15)3-4-10(13)16/h8H,2-7H2,1H3. The number of hydrogen-bond donors (Lipinski definition) is 0. The fraction of sp³-hybridized carbons (Fsp3) is 0.667. The smallest absolute Gasteiger partial charge is 0.340 e. The number of rotatable bonds is 9. The summed E-state index contributed by atoms with van der Waals surface area (Å²) in [6.07, 6.45) is -0.999. The van der Waals surface area contributed by atoms with Gasteiger partial charge in [0, 0.05) is 28.6 Å². The van der Waals surface area contributed by atoms with Crippen LogP contribution in [0.4, 0.5) is 0 Å². The molecular weight excluding hydrogens is 348 g/mol. The van der Waals surface area contributed by atoms with Crippen LogP contribution in [-0.4, -0.2) is 62.1 Å². The van der Waals surface area contributed by atoms with Crippen LogP contribution in [0.5, 0.6) is 0 Å². The van der Waals surface area contributed by atoms with Gasteiger partial charge in [-0.2, -0.15) is 0 Å². The molecule has 12 heteroatoms. The van der Waals surface area contributed by atoms with Crippen molar-refractivity contribution in [2.45, 2.75) is 32.2 Å². The molecule has 1 saturated heterocycles. The number of imide groups is 1. The lowest BCUT2D eigenvalue weighted by Crippen LogP contribution is -2.36. The molecule has 0 aliphatic carbocycles. The van der Waals surface area contributed by atoms with Gasteiger partial charge in [0.2, 0.25) is 6.04 Å². The third-order valence-corrected chi connectivity index (χ3v) is 4.18. The topological polar surface area (TPSA) is 150 Å². The van der Waals surface area contributed by atoms with Crippen LogP contribution in [0, 0.1) is 10.1 Å². The zero-order valence-corrected chi connectivity index (χ0v) is 13.6. The average molecular weight is 364 g/mol. The van der Waals surface area contributed by atoms with E-state index in [9.17, 15) is 33.5 Å². The Hall–Kier alpha value is -2.37. The molecule has 2 atom stereocenters. The van der Waals surface area contributed by atoms with Crippen molar-refractivity contribution in [3.8, 4) is 0 Å². The highest BCUT2D eigenvalue weighted by atomic mass is 32.2. The van der Waals surface area contributed by atoms with Crippen molar-refractivity contribution >= 4 is 34.6 Å². The number of nitrogens with zero attached hydrogens (tertiary/aromatic N) is 2. The molecule has 0 aromatic rings. The van der Waals surface area contributed by atoms with Crippen LogP contribution in [0.25, 0.3) is 0 Å². The van der Waals surface area contributed by atoms with Gasteiger partial charge in [-0.25, -0.2) is 4.79 Å². The number of amides is 2. The van der Waals surface area contributed by atoms with Gasteiger partial charge in [-0.05, 0) is 6.92 Å². The number of hydroxylamine groups is 2. The lowest BCUT2D eigenvalue weighted by molar-refractivity contribution is -0.515. The van der Waals surface area contributed by atoms with Crippen LogP contribution < -0.4 is 0 Å². The van der Waals surface area contributed by atoms with E-state index < -0.39 is 63.4 Å². The minimum atomic E-state index is -1.91. The van der Waals surface area contributed by atoms with Crippen LogP contribution in [0.2, 0.25) is 0 Å². The molecule has 11 nitrogen and oxygen atoms in total. The maximum absolute atomic E-state index is 11.7. The van der Waals surface area contributed by atoms with E-state index in [2.05, 4.69) is 9.57 Å². The summed E-state index contributed by atoms with van der Waals surface area (Å²) in [5.74, 6) is -4.46. The molecule has 24 heavy (non-hydrogen) atoms. The van der Waals surface area contributed by atoms with Crippen molar-refractivity contribution in [1.29, 1.82) is 0 Å². The number of carbonyl (C=O) groups excluding carboxylic acids is 4. The SMILES string of the molecule is CCOC(=O)CS(=O)CC(CC(=O)ON1C(=O)CCC1=O)[N+](=O)[O-]. The van der Waals surface area contributed by atoms with Crippen molar-refractivity contribution < 1.29 is 37.9 Å². The van der Waals surface area contributed by atoms with Crippen molar-refractivity contribution in [2.75, 3.05) is 18.1 Å². The van der Waals surface area contributed by atoms with Gasteiger partial charge in [0.05, 0.1) is 12.4 Å². The molecule has 0 radical (unpaired) electrons. The molecule has 0 saturated carbocycles. The van der Waals surface area contributed by atoms with Gasteiger partial charge in [-0.3, -0.25) is 28.7 Å². The maximum atomic E-state index is 11.7. The van der Waals surface area contributed by atoms with E-state index in [1.165, 1.54) is 0 Å². The normalized spacial score (nSPS) is 16.6. The first kappa shape index (κ1) is 19.7. The molecule has 0 bridgehead atoms. The first-order chi connectivity index (χ1) is 11.2. The Kier molecular flexibility index (Phi) is 7.42. The molecule has 134 valence electrons. The summed E-state index contributed by atoms with van der Waals surface area (Å²) in [5, 5.41) is 11.2. The number of carbonyl (C=O) groups is 4. The molecule has 1 rings (SSSR count). The molecule has 0 aromatic heterocycles. The summed E-state index contributed by atoms with van der Waals surface area (Å²) in [7, 11) is -1.91. The summed E-state index contributed by atoms with van der Waals surface area (Å²) in [6, 6.07) is -1.58. The summed E-state index contributed by atoms with van der Waals surface area (Å²) in [4.78, 5) is 60.0. The molecular formula is C12H16N2O9S. The molecule has 0 aromatic carbocycles. The fourth-order valence-electron chi connectivity index (χ4n) is 1.79. The molecule has 1 aliphatic heterocycles. The molecule has 2 unspecified atom stereocenters. The lowest BCUT2D eigenvalue weighted by atomic mass is 10.2.